The van der Waals surface area contributed by atoms with Gasteiger partial charge in [0.25, 0.3) is 0 Å². The first-order valence-corrected chi connectivity index (χ1v) is 6.74. The Hall–Kier alpha value is -1.72. The third kappa shape index (κ3) is 2.83. The van der Waals surface area contributed by atoms with Crippen molar-refractivity contribution in [3.8, 4) is 5.69 Å². The molecule has 0 unspecified atom stereocenters. The van der Waals surface area contributed by atoms with Gasteiger partial charge in [0.05, 0.1) is 17.6 Å². The van der Waals surface area contributed by atoms with Gasteiger partial charge in [0, 0.05) is 32.2 Å². The van der Waals surface area contributed by atoms with Crippen LogP contribution >= 0.6 is 0 Å². The van der Waals surface area contributed by atoms with Crippen molar-refractivity contribution in [1.29, 1.82) is 0 Å². The number of hydrogen-bond donors (Lipinski definition) is 1. The monoisotopic (exact) mass is 257 g/mol. The highest BCUT2D eigenvalue weighted by atomic mass is 15.5. The van der Waals surface area contributed by atoms with Gasteiger partial charge < -0.3 is 5.32 Å². The summed E-state index contributed by atoms with van der Waals surface area (Å²) in [5.74, 6) is 0. The summed E-state index contributed by atoms with van der Waals surface area (Å²) in [6.45, 7) is 6.28. The van der Waals surface area contributed by atoms with Crippen LogP contribution in [-0.4, -0.2) is 45.6 Å². The Morgan fingerprint density at radius 2 is 2.16 bits per heavy atom. The molecule has 0 amide bonds. The van der Waals surface area contributed by atoms with Gasteiger partial charge in [-0.1, -0.05) is 18.2 Å². The first-order valence-electron chi connectivity index (χ1n) is 6.74. The van der Waals surface area contributed by atoms with E-state index >= 15 is 0 Å². The molecular weight excluding hydrogens is 238 g/mol. The summed E-state index contributed by atoms with van der Waals surface area (Å²) in [7, 11) is 0. The van der Waals surface area contributed by atoms with Crippen molar-refractivity contribution in [3.05, 3.63) is 42.2 Å². The van der Waals surface area contributed by atoms with E-state index in [1.54, 1.807) is 4.80 Å². The highest BCUT2D eigenvalue weighted by Crippen LogP contribution is 2.09. The molecule has 1 aliphatic rings. The van der Waals surface area contributed by atoms with Crippen molar-refractivity contribution in [3.63, 3.8) is 0 Å². The van der Waals surface area contributed by atoms with Crippen LogP contribution in [0, 0.1) is 0 Å². The van der Waals surface area contributed by atoms with Gasteiger partial charge in [-0.25, -0.2) is 0 Å². The lowest BCUT2D eigenvalue weighted by Gasteiger charge is -2.33. The zero-order chi connectivity index (χ0) is 13.1. The second kappa shape index (κ2) is 5.50. The fourth-order valence-electron chi connectivity index (χ4n) is 2.38. The molecule has 19 heavy (non-hydrogen) atoms. The van der Waals surface area contributed by atoms with E-state index in [2.05, 4.69) is 27.3 Å². The lowest BCUT2D eigenvalue weighted by atomic mass is 10.2. The summed E-state index contributed by atoms with van der Waals surface area (Å²) in [5.41, 5.74) is 2.03. The summed E-state index contributed by atoms with van der Waals surface area (Å²) in [4.78, 5) is 4.14. The SMILES string of the molecule is C[C@@H]1CNCCN1Cc1cnn(-c2ccccc2)n1. The second-order valence-corrected chi connectivity index (χ2v) is 4.98. The van der Waals surface area contributed by atoms with Crippen LogP contribution < -0.4 is 5.32 Å². The zero-order valence-electron chi connectivity index (χ0n) is 11.2. The van der Waals surface area contributed by atoms with Crippen LogP contribution in [-0.2, 0) is 6.54 Å². The fraction of sp³-hybridized carbons (Fsp3) is 0.429. The van der Waals surface area contributed by atoms with Crippen molar-refractivity contribution in [2.24, 2.45) is 0 Å². The maximum absolute atomic E-state index is 4.55. The number of aromatic nitrogens is 3. The number of piperazine rings is 1. The zero-order valence-corrected chi connectivity index (χ0v) is 11.2. The highest BCUT2D eigenvalue weighted by Gasteiger charge is 2.18. The maximum Gasteiger partial charge on any atom is 0.0971 e. The van der Waals surface area contributed by atoms with Crippen LogP contribution in [0.1, 0.15) is 12.6 Å². The smallest absolute Gasteiger partial charge is 0.0971 e. The van der Waals surface area contributed by atoms with Gasteiger partial charge in [-0.2, -0.15) is 15.0 Å². The molecule has 1 N–H and O–H groups in total. The summed E-state index contributed by atoms with van der Waals surface area (Å²) in [5, 5.41) is 12.3. The third-order valence-corrected chi connectivity index (χ3v) is 3.53. The molecular formula is C14H19N5. The van der Waals surface area contributed by atoms with Crippen molar-refractivity contribution < 1.29 is 0 Å². The Morgan fingerprint density at radius 1 is 1.32 bits per heavy atom. The Balaban J connectivity index is 1.71. The molecule has 0 radical (unpaired) electrons. The fourth-order valence-corrected chi connectivity index (χ4v) is 2.38. The minimum absolute atomic E-state index is 0.552. The van der Waals surface area contributed by atoms with Crippen LogP contribution in [0.3, 0.4) is 0 Å². The number of benzene rings is 1. The summed E-state index contributed by atoms with van der Waals surface area (Å²) in [6.07, 6.45) is 1.86. The summed E-state index contributed by atoms with van der Waals surface area (Å²) in [6, 6.07) is 10.6. The predicted octanol–water partition coefficient (Wildman–Crippen LogP) is 1.06. The second-order valence-electron chi connectivity index (χ2n) is 4.98. The summed E-state index contributed by atoms with van der Waals surface area (Å²) < 4.78 is 0. The molecule has 2 aromatic rings. The van der Waals surface area contributed by atoms with Crippen LogP contribution in [0.25, 0.3) is 5.69 Å². The first-order chi connectivity index (χ1) is 9.33. The van der Waals surface area contributed by atoms with Crippen LogP contribution in [0.2, 0.25) is 0 Å². The van der Waals surface area contributed by atoms with Gasteiger partial charge in [0.15, 0.2) is 0 Å². The van der Waals surface area contributed by atoms with Crippen LogP contribution in [0.5, 0.6) is 0 Å². The van der Waals surface area contributed by atoms with E-state index in [9.17, 15) is 0 Å². The minimum Gasteiger partial charge on any atom is -0.314 e. The molecule has 1 fully saturated rings. The Kier molecular flexibility index (Phi) is 3.57. The molecule has 1 atom stereocenters. The molecule has 3 rings (SSSR count). The number of rotatable bonds is 3. The lowest BCUT2D eigenvalue weighted by Crippen LogP contribution is -2.49. The van der Waals surface area contributed by atoms with Gasteiger partial charge in [-0.15, -0.1) is 0 Å². The third-order valence-electron chi connectivity index (χ3n) is 3.53. The topological polar surface area (TPSA) is 46.0 Å². The predicted molar refractivity (Wildman–Crippen MR) is 74.1 cm³/mol. The lowest BCUT2D eigenvalue weighted by molar-refractivity contribution is 0.163. The van der Waals surface area contributed by atoms with E-state index in [4.69, 9.17) is 0 Å². The van der Waals surface area contributed by atoms with Gasteiger partial charge in [-0.3, -0.25) is 4.90 Å². The van der Waals surface area contributed by atoms with Gasteiger partial charge in [0.1, 0.15) is 0 Å². The molecule has 5 heteroatoms. The molecule has 0 bridgehead atoms. The van der Waals surface area contributed by atoms with Gasteiger partial charge >= 0.3 is 0 Å². The number of nitrogens with zero attached hydrogens (tertiary/aromatic N) is 4. The molecule has 2 heterocycles. The van der Waals surface area contributed by atoms with E-state index in [1.165, 1.54) is 0 Å². The van der Waals surface area contributed by atoms with Crippen LogP contribution in [0.15, 0.2) is 36.5 Å². The van der Waals surface area contributed by atoms with Crippen molar-refractivity contribution in [1.82, 2.24) is 25.2 Å². The van der Waals surface area contributed by atoms with Crippen molar-refractivity contribution >= 4 is 0 Å². The highest BCUT2D eigenvalue weighted by molar-refractivity contribution is 5.28. The Labute approximate surface area is 113 Å². The molecule has 5 nitrogen and oxygen atoms in total. The standard InChI is InChI=1S/C14H19N5/c1-12-9-15-7-8-18(12)11-13-10-16-19(17-13)14-5-3-2-4-6-14/h2-6,10,12,15H,7-9,11H2,1H3/t12-/m1/s1. The van der Waals surface area contributed by atoms with Crippen molar-refractivity contribution in [2.45, 2.75) is 19.5 Å². The molecule has 1 aromatic carbocycles. The van der Waals surface area contributed by atoms with Crippen molar-refractivity contribution in [2.75, 3.05) is 19.6 Å². The number of hydrogen-bond acceptors (Lipinski definition) is 4. The van der Waals surface area contributed by atoms with E-state index in [0.717, 1.165) is 37.6 Å². The van der Waals surface area contributed by atoms with E-state index in [0.29, 0.717) is 6.04 Å². The van der Waals surface area contributed by atoms with E-state index < -0.39 is 0 Å². The van der Waals surface area contributed by atoms with E-state index in [1.807, 2.05) is 36.5 Å². The quantitative estimate of drug-likeness (QED) is 0.893. The Bertz CT molecular complexity index is 522. The Morgan fingerprint density at radius 3 is 2.95 bits per heavy atom. The van der Waals surface area contributed by atoms with Crippen LogP contribution in [0.4, 0.5) is 0 Å². The molecule has 0 saturated carbocycles. The average molecular weight is 257 g/mol. The molecule has 0 aliphatic carbocycles. The minimum atomic E-state index is 0.552. The van der Waals surface area contributed by atoms with Gasteiger partial charge in [0.2, 0.25) is 0 Å². The summed E-state index contributed by atoms with van der Waals surface area (Å²) >= 11 is 0. The van der Waals surface area contributed by atoms with E-state index in [-0.39, 0.29) is 0 Å². The molecule has 1 aromatic heterocycles. The molecule has 1 saturated heterocycles. The number of nitrogens with one attached hydrogen (secondary N) is 1. The number of para-hydroxylation sites is 1. The molecule has 1 aliphatic heterocycles. The maximum atomic E-state index is 4.55. The van der Waals surface area contributed by atoms with Gasteiger partial charge in [-0.05, 0) is 19.1 Å². The normalized spacial score (nSPS) is 20.6. The first kappa shape index (κ1) is 12.3. The largest absolute Gasteiger partial charge is 0.314 e. The molecule has 100 valence electrons. The average Bonchev–Trinajstić information content (AvgIpc) is 2.91. The molecule has 0 spiro atoms.